The lowest BCUT2D eigenvalue weighted by Crippen LogP contribution is -2.29. The standard InChI is InChI=1S/C10H14BrN3O/c1-14(7-9-3-2-4-15-9)10-12-5-8(11)6-13-10/h5-6,9H,2-4,7H2,1H3. The van der Waals surface area contributed by atoms with E-state index < -0.39 is 0 Å². The van der Waals surface area contributed by atoms with Gasteiger partial charge in [0, 0.05) is 32.6 Å². The summed E-state index contributed by atoms with van der Waals surface area (Å²) >= 11 is 3.31. The van der Waals surface area contributed by atoms with Crippen molar-refractivity contribution < 1.29 is 4.74 Å². The van der Waals surface area contributed by atoms with Crippen LogP contribution in [0.4, 0.5) is 5.95 Å². The van der Waals surface area contributed by atoms with Gasteiger partial charge in [-0.05, 0) is 28.8 Å². The highest BCUT2D eigenvalue weighted by Crippen LogP contribution is 2.15. The molecule has 1 fully saturated rings. The first-order valence-corrected chi connectivity index (χ1v) is 5.85. The average Bonchev–Trinajstić information content (AvgIpc) is 2.71. The maximum Gasteiger partial charge on any atom is 0.225 e. The molecule has 82 valence electrons. The van der Waals surface area contributed by atoms with Crippen LogP contribution in [0.1, 0.15) is 12.8 Å². The van der Waals surface area contributed by atoms with Crippen LogP contribution in [0.5, 0.6) is 0 Å². The van der Waals surface area contributed by atoms with Gasteiger partial charge in [-0.3, -0.25) is 0 Å². The predicted octanol–water partition coefficient (Wildman–Crippen LogP) is 1.85. The maximum atomic E-state index is 5.56. The van der Waals surface area contributed by atoms with Crippen LogP contribution in [0.3, 0.4) is 0 Å². The summed E-state index contributed by atoms with van der Waals surface area (Å²) in [5.74, 6) is 0.744. The molecule has 0 bridgehead atoms. The van der Waals surface area contributed by atoms with E-state index in [1.807, 2.05) is 11.9 Å². The zero-order valence-electron chi connectivity index (χ0n) is 8.69. The van der Waals surface area contributed by atoms with Crippen LogP contribution < -0.4 is 4.90 Å². The molecule has 0 amide bonds. The number of nitrogens with zero attached hydrogens (tertiary/aromatic N) is 3. The minimum Gasteiger partial charge on any atom is -0.376 e. The Morgan fingerprint density at radius 1 is 1.53 bits per heavy atom. The SMILES string of the molecule is CN(CC1CCCO1)c1ncc(Br)cn1. The number of aromatic nitrogens is 2. The van der Waals surface area contributed by atoms with Crippen molar-refractivity contribution in [2.75, 3.05) is 25.1 Å². The van der Waals surface area contributed by atoms with Gasteiger partial charge in [0.25, 0.3) is 0 Å². The van der Waals surface area contributed by atoms with Crippen LogP contribution in [-0.4, -0.2) is 36.3 Å². The van der Waals surface area contributed by atoms with E-state index in [0.717, 1.165) is 30.0 Å². The molecule has 1 atom stereocenters. The topological polar surface area (TPSA) is 38.2 Å². The zero-order chi connectivity index (χ0) is 10.7. The van der Waals surface area contributed by atoms with Gasteiger partial charge in [0.05, 0.1) is 10.6 Å². The Morgan fingerprint density at radius 2 is 2.27 bits per heavy atom. The van der Waals surface area contributed by atoms with E-state index >= 15 is 0 Å². The molecule has 0 aromatic carbocycles. The molecule has 15 heavy (non-hydrogen) atoms. The van der Waals surface area contributed by atoms with Gasteiger partial charge < -0.3 is 9.64 Å². The first kappa shape index (κ1) is 10.8. The smallest absolute Gasteiger partial charge is 0.225 e. The molecule has 0 radical (unpaired) electrons. The molecule has 0 N–H and O–H groups in total. The molecule has 1 saturated heterocycles. The van der Waals surface area contributed by atoms with E-state index in [-0.39, 0.29) is 0 Å². The second-order valence-corrected chi connectivity index (χ2v) is 4.63. The summed E-state index contributed by atoms with van der Waals surface area (Å²) in [5.41, 5.74) is 0. The van der Waals surface area contributed by atoms with Crippen molar-refractivity contribution in [3.8, 4) is 0 Å². The summed E-state index contributed by atoms with van der Waals surface area (Å²) in [4.78, 5) is 10.5. The Labute approximate surface area is 97.8 Å². The molecule has 4 nitrogen and oxygen atoms in total. The molecule has 0 spiro atoms. The minimum absolute atomic E-state index is 0.335. The van der Waals surface area contributed by atoms with E-state index in [0.29, 0.717) is 6.10 Å². The van der Waals surface area contributed by atoms with Gasteiger partial charge in [0.15, 0.2) is 0 Å². The molecular weight excluding hydrogens is 258 g/mol. The largest absolute Gasteiger partial charge is 0.376 e. The summed E-state index contributed by atoms with van der Waals surface area (Å²) in [5, 5.41) is 0. The van der Waals surface area contributed by atoms with E-state index in [1.165, 1.54) is 6.42 Å². The van der Waals surface area contributed by atoms with Crippen LogP contribution in [0, 0.1) is 0 Å². The van der Waals surface area contributed by atoms with Gasteiger partial charge in [-0.2, -0.15) is 0 Å². The number of likely N-dealkylation sites (N-methyl/N-ethyl adjacent to an activating group) is 1. The fourth-order valence-corrected chi connectivity index (χ4v) is 1.88. The van der Waals surface area contributed by atoms with Crippen LogP contribution in [0.15, 0.2) is 16.9 Å². The third-order valence-electron chi connectivity index (χ3n) is 2.45. The third kappa shape index (κ3) is 2.89. The summed E-state index contributed by atoms with van der Waals surface area (Å²) in [7, 11) is 1.99. The second-order valence-electron chi connectivity index (χ2n) is 3.72. The van der Waals surface area contributed by atoms with Crippen molar-refractivity contribution in [3.63, 3.8) is 0 Å². The third-order valence-corrected chi connectivity index (χ3v) is 2.86. The Kier molecular flexibility index (Phi) is 3.53. The number of rotatable bonds is 3. The van der Waals surface area contributed by atoms with Crippen LogP contribution in [-0.2, 0) is 4.74 Å². The van der Waals surface area contributed by atoms with Gasteiger partial charge in [-0.25, -0.2) is 9.97 Å². The quantitative estimate of drug-likeness (QED) is 0.841. The predicted molar refractivity (Wildman–Crippen MR) is 62.0 cm³/mol. The summed E-state index contributed by atoms with van der Waals surface area (Å²) in [6.07, 6.45) is 6.16. The zero-order valence-corrected chi connectivity index (χ0v) is 10.3. The molecule has 0 saturated carbocycles. The maximum absolute atomic E-state index is 5.56. The minimum atomic E-state index is 0.335. The Bertz CT molecular complexity index is 311. The molecule has 1 unspecified atom stereocenters. The molecule has 1 aromatic heterocycles. The molecular formula is C10H14BrN3O. The molecule has 1 aliphatic heterocycles. The molecule has 1 aliphatic rings. The highest BCUT2D eigenvalue weighted by Gasteiger charge is 2.18. The molecule has 1 aromatic rings. The van der Waals surface area contributed by atoms with Crippen molar-refractivity contribution in [1.29, 1.82) is 0 Å². The molecule has 0 aliphatic carbocycles. The van der Waals surface area contributed by atoms with Crippen LogP contribution in [0.25, 0.3) is 0 Å². The average molecular weight is 272 g/mol. The van der Waals surface area contributed by atoms with Gasteiger partial charge in [-0.1, -0.05) is 0 Å². The van der Waals surface area contributed by atoms with Gasteiger partial charge in [0.1, 0.15) is 0 Å². The number of halogens is 1. The van der Waals surface area contributed by atoms with Crippen molar-refractivity contribution in [3.05, 3.63) is 16.9 Å². The van der Waals surface area contributed by atoms with Gasteiger partial charge in [0.2, 0.25) is 5.95 Å². The molecule has 2 rings (SSSR count). The van der Waals surface area contributed by atoms with Crippen molar-refractivity contribution >= 4 is 21.9 Å². The number of hydrogen-bond donors (Lipinski definition) is 0. The van der Waals surface area contributed by atoms with Crippen LogP contribution >= 0.6 is 15.9 Å². The lowest BCUT2D eigenvalue weighted by Gasteiger charge is -2.20. The first-order chi connectivity index (χ1) is 7.25. The lowest BCUT2D eigenvalue weighted by atomic mass is 10.2. The monoisotopic (exact) mass is 271 g/mol. The van der Waals surface area contributed by atoms with Crippen molar-refractivity contribution in [2.45, 2.75) is 18.9 Å². The summed E-state index contributed by atoms with van der Waals surface area (Å²) < 4.78 is 6.46. The van der Waals surface area contributed by atoms with E-state index in [2.05, 4.69) is 25.9 Å². The van der Waals surface area contributed by atoms with Gasteiger partial charge in [-0.15, -0.1) is 0 Å². The number of ether oxygens (including phenoxy) is 1. The normalized spacial score (nSPS) is 20.5. The van der Waals surface area contributed by atoms with E-state index in [1.54, 1.807) is 12.4 Å². The Morgan fingerprint density at radius 3 is 2.87 bits per heavy atom. The van der Waals surface area contributed by atoms with Gasteiger partial charge >= 0.3 is 0 Å². The van der Waals surface area contributed by atoms with Crippen molar-refractivity contribution in [1.82, 2.24) is 9.97 Å². The van der Waals surface area contributed by atoms with E-state index in [9.17, 15) is 0 Å². The number of anilines is 1. The van der Waals surface area contributed by atoms with E-state index in [4.69, 9.17) is 4.74 Å². The van der Waals surface area contributed by atoms with Crippen molar-refractivity contribution in [2.24, 2.45) is 0 Å². The summed E-state index contributed by atoms with van der Waals surface area (Å²) in [6.45, 7) is 1.75. The fraction of sp³-hybridized carbons (Fsp3) is 0.600. The first-order valence-electron chi connectivity index (χ1n) is 5.06. The fourth-order valence-electron chi connectivity index (χ4n) is 1.68. The second kappa shape index (κ2) is 4.90. The Balaban J connectivity index is 1.94. The number of hydrogen-bond acceptors (Lipinski definition) is 4. The summed E-state index contributed by atoms with van der Waals surface area (Å²) in [6, 6.07) is 0. The molecule has 2 heterocycles. The highest BCUT2D eigenvalue weighted by atomic mass is 79.9. The highest BCUT2D eigenvalue weighted by molar-refractivity contribution is 9.10. The Hall–Kier alpha value is -0.680. The van der Waals surface area contributed by atoms with Crippen LogP contribution in [0.2, 0.25) is 0 Å². The lowest BCUT2D eigenvalue weighted by molar-refractivity contribution is 0.116. The molecule has 5 heteroatoms.